The molecule has 3 heterocycles. The molecule has 0 aromatic carbocycles. The van der Waals surface area contributed by atoms with Gasteiger partial charge in [0.25, 0.3) is 0 Å². The van der Waals surface area contributed by atoms with Crippen LogP contribution in [0.5, 0.6) is 0 Å². The molecule has 6 heteroatoms. The molecule has 0 aliphatic carbocycles. The lowest BCUT2D eigenvalue weighted by Gasteiger charge is -2.36. The lowest BCUT2D eigenvalue weighted by molar-refractivity contribution is -0.132. The van der Waals surface area contributed by atoms with Gasteiger partial charge in [0.1, 0.15) is 0 Å². The van der Waals surface area contributed by atoms with Gasteiger partial charge >= 0.3 is 0 Å². The Morgan fingerprint density at radius 1 is 1.21 bits per heavy atom. The zero-order valence-corrected chi connectivity index (χ0v) is 15.2. The van der Waals surface area contributed by atoms with Crippen molar-refractivity contribution in [3.05, 3.63) is 11.9 Å². The predicted octanol–water partition coefficient (Wildman–Crippen LogP) is 1.86. The maximum Gasteiger partial charge on any atom is 0.228 e. The van der Waals surface area contributed by atoms with Crippen LogP contribution in [0.2, 0.25) is 0 Å². The molecule has 6 nitrogen and oxygen atoms in total. The number of aromatic nitrogens is 3. The Balaban J connectivity index is 1.39. The second kappa shape index (κ2) is 8.10. The van der Waals surface area contributed by atoms with Crippen LogP contribution in [-0.2, 0) is 18.3 Å². The summed E-state index contributed by atoms with van der Waals surface area (Å²) in [6.45, 7) is 6.69. The van der Waals surface area contributed by atoms with Crippen LogP contribution in [0.25, 0.3) is 0 Å². The Morgan fingerprint density at radius 3 is 2.67 bits per heavy atom. The van der Waals surface area contributed by atoms with Crippen molar-refractivity contribution in [2.24, 2.45) is 13.0 Å². The summed E-state index contributed by atoms with van der Waals surface area (Å²) in [5.74, 6) is 0.991. The van der Waals surface area contributed by atoms with Crippen LogP contribution in [0.15, 0.2) is 6.20 Å². The molecular formula is C18H31N5O. The van der Waals surface area contributed by atoms with E-state index in [0.717, 1.165) is 43.6 Å². The number of nitrogens with zero attached hydrogens (tertiary/aromatic N) is 5. The van der Waals surface area contributed by atoms with Crippen molar-refractivity contribution in [3.8, 4) is 0 Å². The average molecular weight is 333 g/mol. The highest BCUT2D eigenvalue weighted by Crippen LogP contribution is 2.23. The molecule has 0 bridgehead atoms. The second-order valence-corrected chi connectivity index (χ2v) is 7.52. The molecule has 3 rings (SSSR count). The van der Waals surface area contributed by atoms with Gasteiger partial charge in [-0.15, -0.1) is 5.10 Å². The number of rotatable bonds is 5. The third kappa shape index (κ3) is 4.35. The van der Waals surface area contributed by atoms with Gasteiger partial charge in [0.05, 0.1) is 18.3 Å². The monoisotopic (exact) mass is 333 g/mol. The third-order valence-electron chi connectivity index (χ3n) is 5.87. The fourth-order valence-corrected chi connectivity index (χ4v) is 4.05. The van der Waals surface area contributed by atoms with Gasteiger partial charge in [-0.2, -0.15) is 0 Å². The molecule has 0 saturated carbocycles. The van der Waals surface area contributed by atoms with Gasteiger partial charge in [0, 0.05) is 26.2 Å². The molecule has 2 aliphatic heterocycles. The van der Waals surface area contributed by atoms with Gasteiger partial charge < -0.3 is 9.80 Å². The number of carbonyl (C=O) groups excluding carboxylic acids is 1. The van der Waals surface area contributed by atoms with Crippen molar-refractivity contribution in [1.29, 1.82) is 0 Å². The summed E-state index contributed by atoms with van der Waals surface area (Å²) >= 11 is 0. The minimum Gasteiger partial charge on any atom is -0.342 e. The summed E-state index contributed by atoms with van der Waals surface area (Å²) in [4.78, 5) is 17.1. The van der Waals surface area contributed by atoms with Gasteiger partial charge in [-0.3, -0.25) is 9.48 Å². The molecule has 1 unspecified atom stereocenters. The Kier molecular flexibility index (Phi) is 5.87. The Hall–Kier alpha value is -1.43. The molecule has 2 aliphatic rings. The van der Waals surface area contributed by atoms with Gasteiger partial charge in [-0.25, -0.2) is 0 Å². The molecule has 0 N–H and O–H groups in total. The van der Waals surface area contributed by atoms with Gasteiger partial charge in [-0.1, -0.05) is 11.6 Å². The molecule has 2 saturated heterocycles. The Bertz CT molecular complexity index is 535. The first kappa shape index (κ1) is 17.4. The van der Waals surface area contributed by atoms with Crippen LogP contribution in [0.1, 0.15) is 51.1 Å². The van der Waals surface area contributed by atoms with Crippen LogP contribution in [0.3, 0.4) is 0 Å². The second-order valence-electron chi connectivity index (χ2n) is 7.52. The summed E-state index contributed by atoms with van der Waals surface area (Å²) in [5, 5.41) is 7.74. The largest absolute Gasteiger partial charge is 0.342 e. The van der Waals surface area contributed by atoms with Crippen molar-refractivity contribution >= 4 is 5.91 Å². The minimum atomic E-state index is 0.212. The highest BCUT2D eigenvalue weighted by molar-refractivity contribution is 5.78. The maximum atomic E-state index is 12.4. The van der Waals surface area contributed by atoms with Crippen molar-refractivity contribution < 1.29 is 4.79 Å². The predicted molar refractivity (Wildman–Crippen MR) is 93.5 cm³/mol. The summed E-state index contributed by atoms with van der Waals surface area (Å²) in [7, 11) is 1.84. The SMILES string of the molecule is CC1CCCCN1CCC1CCN(C(=O)Cc2cnnn2C)CC1. The van der Waals surface area contributed by atoms with E-state index >= 15 is 0 Å². The zero-order chi connectivity index (χ0) is 16.9. The van der Waals surface area contributed by atoms with Crippen molar-refractivity contribution in [2.45, 2.75) is 57.9 Å². The smallest absolute Gasteiger partial charge is 0.228 e. The first-order valence-electron chi connectivity index (χ1n) is 9.49. The molecule has 1 aromatic rings. The summed E-state index contributed by atoms with van der Waals surface area (Å²) in [5.41, 5.74) is 0.890. The number of amides is 1. The first-order chi connectivity index (χ1) is 11.6. The molecule has 134 valence electrons. The molecule has 24 heavy (non-hydrogen) atoms. The first-order valence-corrected chi connectivity index (χ1v) is 9.49. The van der Waals surface area contributed by atoms with E-state index in [1.165, 1.54) is 38.8 Å². The van der Waals surface area contributed by atoms with E-state index in [2.05, 4.69) is 22.1 Å². The lowest BCUT2D eigenvalue weighted by atomic mass is 9.92. The third-order valence-corrected chi connectivity index (χ3v) is 5.87. The number of likely N-dealkylation sites (tertiary alicyclic amines) is 2. The number of aryl methyl sites for hydroxylation is 1. The lowest BCUT2D eigenvalue weighted by Crippen LogP contribution is -2.41. The van der Waals surface area contributed by atoms with Crippen LogP contribution in [-0.4, -0.2) is 62.9 Å². The fourth-order valence-electron chi connectivity index (χ4n) is 4.05. The number of piperidine rings is 2. The highest BCUT2D eigenvalue weighted by atomic mass is 16.2. The van der Waals surface area contributed by atoms with Crippen molar-refractivity contribution in [1.82, 2.24) is 24.8 Å². The van der Waals surface area contributed by atoms with Gasteiger partial charge in [-0.05, 0) is 58.0 Å². The van der Waals surface area contributed by atoms with E-state index in [4.69, 9.17) is 0 Å². The molecular weight excluding hydrogens is 302 g/mol. The van der Waals surface area contributed by atoms with Crippen LogP contribution in [0, 0.1) is 5.92 Å². The Morgan fingerprint density at radius 2 is 2.00 bits per heavy atom. The zero-order valence-electron chi connectivity index (χ0n) is 15.2. The summed E-state index contributed by atoms with van der Waals surface area (Å²) < 4.78 is 1.68. The van der Waals surface area contributed by atoms with E-state index in [1.807, 2.05) is 11.9 Å². The van der Waals surface area contributed by atoms with Crippen molar-refractivity contribution in [3.63, 3.8) is 0 Å². The normalized spacial score (nSPS) is 23.6. The number of hydrogen-bond acceptors (Lipinski definition) is 4. The van der Waals surface area contributed by atoms with E-state index in [-0.39, 0.29) is 5.91 Å². The quantitative estimate of drug-likeness (QED) is 0.825. The fraction of sp³-hybridized carbons (Fsp3) is 0.833. The molecule has 1 atom stereocenters. The highest BCUT2D eigenvalue weighted by Gasteiger charge is 2.25. The number of hydrogen-bond donors (Lipinski definition) is 0. The van der Waals surface area contributed by atoms with E-state index in [1.54, 1.807) is 10.9 Å². The minimum absolute atomic E-state index is 0.212. The van der Waals surface area contributed by atoms with Gasteiger partial charge in [0.15, 0.2) is 0 Å². The molecule has 1 aromatic heterocycles. The summed E-state index contributed by atoms with van der Waals surface area (Å²) in [6, 6.07) is 0.757. The average Bonchev–Trinajstić information content (AvgIpc) is 2.99. The maximum absolute atomic E-state index is 12.4. The van der Waals surface area contributed by atoms with E-state index < -0.39 is 0 Å². The molecule has 0 radical (unpaired) electrons. The molecule has 0 spiro atoms. The number of carbonyl (C=O) groups is 1. The standard InChI is InChI=1S/C18H31N5O/c1-15-5-3-4-9-22(15)10-6-16-7-11-23(12-8-16)18(24)13-17-14-19-20-21(17)2/h14-16H,3-13H2,1-2H3. The molecule has 1 amide bonds. The van der Waals surface area contributed by atoms with Crippen LogP contribution < -0.4 is 0 Å². The molecule has 2 fully saturated rings. The summed E-state index contributed by atoms with van der Waals surface area (Å²) in [6.07, 6.45) is 9.80. The van der Waals surface area contributed by atoms with Crippen molar-refractivity contribution in [2.75, 3.05) is 26.2 Å². The van der Waals surface area contributed by atoms with Crippen LogP contribution >= 0.6 is 0 Å². The Labute approximate surface area is 145 Å². The van der Waals surface area contributed by atoms with Gasteiger partial charge in [0.2, 0.25) is 5.91 Å². The van der Waals surface area contributed by atoms with E-state index in [0.29, 0.717) is 6.42 Å². The van der Waals surface area contributed by atoms with Crippen LogP contribution in [0.4, 0.5) is 0 Å². The van der Waals surface area contributed by atoms with E-state index in [9.17, 15) is 4.79 Å². The topological polar surface area (TPSA) is 54.3 Å².